The Morgan fingerprint density at radius 1 is 1.32 bits per heavy atom. The van der Waals surface area contributed by atoms with E-state index in [1.165, 1.54) is 0 Å². The first-order valence-corrected chi connectivity index (χ1v) is 8.96. The van der Waals surface area contributed by atoms with Crippen LogP contribution in [0.5, 0.6) is 0 Å². The first-order valence-electron chi connectivity index (χ1n) is 8.96. The average Bonchev–Trinajstić information content (AvgIpc) is 3.04. The van der Waals surface area contributed by atoms with E-state index in [4.69, 9.17) is 4.52 Å². The smallest absolute Gasteiger partial charge is 0.292 e. The predicted octanol–water partition coefficient (Wildman–Crippen LogP) is 1.96. The summed E-state index contributed by atoms with van der Waals surface area (Å²) < 4.78 is 5.40. The summed E-state index contributed by atoms with van der Waals surface area (Å²) in [6, 6.07) is 1.54. The van der Waals surface area contributed by atoms with E-state index in [0.717, 1.165) is 55.5 Å². The summed E-state index contributed by atoms with van der Waals surface area (Å²) >= 11 is 0. The van der Waals surface area contributed by atoms with Crippen LogP contribution in [0.15, 0.2) is 15.4 Å². The normalized spacial score (nSPS) is 20.4. The standard InChI is InChI=1S/C18H22N4O3/c1-11-19-15(9-16(23)20-11)12-5-4-8-22(10-12)18(24)17-13-6-2-3-7-14(13)21-25-17/h9,12H,2-8,10H2,1H3,(H,19,20,23)/t12-/m1/s1. The lowest BCUT2D eigenvalue weighted by atomic mass is 9.93. The van der Waals surface area contributed by atoms with Gasteiger partial charge in [-0.3, -0.25) is 9.59 Å². The fourth-order valence-corrected chi connectivity index (χ4v) is 3.92. The van der Waals surface area contributed by atoms with Crippen molar-refractivity contribution >= 4 is 5.91 Å². The molecule has 0 aromatic carbocycles. The van der Waals surface area contributed by atoms with Gasteiger partial charge in [-0.05, 0) is 45.4 Å². The van der Waals surface area contributed by atoms with Gasteiger partial charge in [0, 0.05) is 30.6 Å². The number of likely N-dealkylation sites (tertiary alicyclic amines) is 1. The van der Waals surface area contributed by atoms with Crippen LogP contribution in [0.4, 0.5) is 0 Å². The van der Waals surface area contributed by atoms with Crippen molar-refractivity contribution in [2.75, 3.05) is 13.1 Å². The van der Waals surface area contributed by atoms with Crippen molar-refractivity contribution in [1.82, 2.24) is 20.0 Å². The number of nitrogens with zero attached hydrogens (tertiary/aromatic N) is 3. The van der Waals surface area contributed by atoms with Gasteiger partial charge in [-0.1, -0.05) is 5.16 Å². The van der Waals surface area contributed by atoms with Crippen LogP contribution in [0.3, 0.4) is 0 Å². The number of nitrogens with one attached hydrogen (secondary N) is 1. The predicted molar refractivity (Wildman–Crippen MR) is 90.6 cm³/mol. The number of hydrogen-bond donors (Lipinski definition) is 1. The van der Waals surface area contributed by atoms with Crippen molar-refractivity contribution in [2.45, 2.75) is 51.4 Å². The Morgan fingerprint density at radius 3 is 3.00 bits per heavy atom. The van der Waals surface area contributed by atoms with Gasteiger partial charge >= 0.3 is 0 Å². The maximum atomic E-state index is 12.9. The van der Waals surface area contributed by atoms with E-state index in [9.17, 15) is 9.59 Å². The van der Waals surface area contributed by atoms with Crippen molar-refractivity contribution < 1.29 is 9.32 Å². The number of aromatic amines is 1. The summed E-state index contributed by atoms with van der Waals surface area (Å²) in [6.45, 7) is 3.04. The minimum absolute atomic E-state index is 0.0810. The van der Waals surface area contributed by atoms with Crippen molar-refractivity contribution in [3.8, 4) is 0 Å². The van der Waals surface area contributed by atoms with E-state index in [0.29, 0.717) is 24.7 Å². The minimum atomic E-state index is -0.143. The van der Waals surface area contributed by atoms with Gasteiger partial charge < -0.3 is 14.4 Å². The zero-order chi connectivity index (χ0) is 17.4. The highest BCUT2D eigenvalue weighted by Crippen LogP contribution is 2.29. The van der Waals surface area contributed by atoms with Gasteiger partial charge in [0.15, 0.2) is 0 Å². The van der Waals surface area contributed by atoms with E-state index in [-0.39, 0.29) is 17.4 Å². The first kappa shape index (κ1) is 16.1. The second-order valence-electron chi connectivity index (χ2n) is 6.99. The van der Waals surface area contributed by atoms with Crippen LogP contribution in [0.2, 0.25) is 0 Å². The third-order valence-electron chi connectivity index (χ3n) is 5.16. The maximum Gasteiger partial charge on any atom is 0.292 e. The number of carbonyl (C=O) groups is 1. The molecule has 0 radical (unpaired) electrons. The largest absolute Gasteiger partial charge is 0.350 e. The quantitative estimate of drug-likeness (QED) is 0.901. The zero-order valence-electron chi connectivity index (χ0n) is 14.4. The fourth-order valence-electron chi connectivity index (χ4n) is 3.92. The molecule has 1 aliphatic heterocycles. The van der Waals surface area contributed by atoms with E-state index in [2.05, 4.69) is 15.1 Å². The van der Waals surface area contributed by atoms with Crippen molar-refractivity contribution in [3.63, 3.8) is 0 Å². The molecule has 1 fully saturated rings. The molecule has 2 aliphatic rings. The SMILES string of the molecule is Cc1nc([C@@H]2CCCN(C(=O)c3onc4c3CCCC4)C2)cc(=O)[nH]1. The van der Waals surface area contributed by atoms with Gasteiger partial charge in [0.05, 0.1) is 11.4 Å². The number of H-pyrrole nitrogens is 1. The minimum Gasteiger partial charge on any atom is -0.350 e. The topological polar surface area (TPSA) is 92.1 Å². The van der Waals surface area contributed by atoms with Gasteiger partial charge in [0.2, 0.25) is 5.76 Å². The molecule has 1 atom stereocenters. The van der Waals surface area contributed by atoms with Crippen molar-refractivity contribution in [1.29, 1.82) is 0 Å². The number of carbonyl (C=O) groups excluding carboxylic acids is 1. The summed E-state index contributed by atoms with van der Waals surface area (Å²) in [5.74, 6) is 1.01. The number of rotatable bonds is 2. The Bertz CT molecular complexity index is 854. The molecule has 2 aromatic rings. The van der Waals surface area contributed by atoms with Crippen molar-refractivity contribution in [2.24, 2.45) is 0 Å². The number of hydrogen-bond acceptors (Lipinski definition) is 5. The highest BCUT2D eigenvalue weighted by molar-refractivity contribution is 5.93. The van der Waals surface area contributed by atoms with Crippen LogP contribution in [0.1, 0.15) is 64.9 Å². The lowest BCUT2D eigenvalue weighted by Gasteiger charge is -2.32. The fraction of sp³-hybridized carbons (Fsp3) is 0.556. The van der Waals surface area contributed by atoms with Gasteiger partial charge in [-0.25, -0.2) is 4.98 Å². The molecule has 1 N–H and O–H groups in total. The summed E-state index contributed by atoms with van der Waals surface area (Å²) in [6.07, 6.45) is 5.75. The number of amides is 1. The number of piperidine rings is 1. The van der Waals surface area contributed by atoms with E-state index in [1.54, 1.807) is 13.0 Å². The van der Waals surface area contributed by atoms with Crippen LogP contribution >= 0.6 is 0 Å². The van der Waals surface area contributed by atoms with Gasteiger partial charge in [0.1, 0.15) is 5.82 Å². The van der Waals surface area contributed by atoms with Gasteiger partial charge in [-0.15, -0.1) is 0 Å². The lowest BCUT2D eigenvalue weighted by Crippen LogP contribution is -2.39. The Hall–Kier alpha value is -2.44. The van der Waals surface area contributed by atoms with Crippen LogP contribution in [-0.2, 0) is 12.8 Å². The summed E-state index contributed by atoms with van der Waals surface area (Å²) in [7, 11) is 0. The second kappa shape index (κ2) is 6.46. The molecule has 3 heterocycles. The van der Waals surface area contributed by atoms with E-state index >= 15 is 0 Å². The Morgan fingerprint density at radius 2 is 2.16 bits per heavy atom. The molecule has 2 aromatic heterocycles. The van der Waals surface area contributed by atoms with Crippen LogP contribution < -0.4 is 5.56 Å². The molecule has 4 rings (SSSR count). The van der Waals surface area contributed by atoms with E-state index in [1.807, 2.05) is 4.90 Å². The molecule has 25 heavy (non-hydrogen) atoms. The molecule has 1 aliphatic carbocycles. The third kappa shape index (κ3) is 3.10. The second-order valence-corrected chi connectivity index (χ2v) is 6.99. The molecular formula is C18H22N4O3. The number of fused-ring (bicyclic) bond motifs is 1. The molecule has 0 saturated carbocycles. The maximum absolute atomic E-state index is 12.9. The summed E-state index contributed by atoms with van der Waals surface area (Å²) in [4.78, 5) is 33.6. The molecule has 0 unspecified atom stereocenters. The van der Waals surface area contributed by atoms with Crippen LogP contribution in [0, 0.1) is 6.92 Å². The molecule has 132 valence electrons. The number of aromatic nitrogens is 3. The average molecular weight is 342 g/mol. The van der Waals surface area contributed by atoms with Crippen LogP contribution in [-0.4, -0.2) is 39.0 Å². The van der Waals surface area contributed by atoms with Crippen molar-refractivity contribution in [3.05, 3.63) is 45.0 Å². The first-order chi connectivity index (χ1) is 12.1. The molecule has 1 amide bonds. The molecular weight excluding hydrogens is 320 g/mol. The Balaban J connectivity index is 1.56. The Kier molecular flexibility index (Phi) is 4.15. The zero-order valence-corrected chi connectivity index (χ0v) is 14.4. The summed E-state index contributed by atoms with van der Waals surface area (Å²) in [5, 5.41) is 4.09. The Labute approximate surface area is 145 Å². The molecule has 7 nitrogen and oxygen atoms in total. The molecule has 1 saturated heterocycles. The lowest BCUT2D eigenvalue weighted by molar-refractivity contribution is 0.0662. The molecule has 7 heteroatoms. The van der Waals surface area contributed by atoms with E-state index < -0.39 is 0 Å². The highest BCUT2D eigenvalue weighted by atomic mass is 16.5. The van der Waals surface area contributed by atoms with Crippen LogP contribution in [0.25, 0.3) is 0 Å². The summed E-state index contributed by atoms with van der Waals surface area (Å²) in [5.41, 5.74) is 2.55. The molecule has 0 bridgehead atoms. The number of aryl methyl sites for hydroxylation is 2. The highest BCUT2D eigenvalue weighted by Gasteiger charge is 2.31. The monoisotopic (exact) mass is 342 g/mol. The molecule has 0 spiro atoms. The van der Waals surface area contributed by atoms with Gasteiger partial charge in [0.25, 0.3) is 11.5 Å². The van der Waals surface area contributed by atoms with Gasteiger partial charge in [-0.2, -0.15) is 0 Å². The third-order valence-corrected chi connectivity index (χ3v) is 5.16.